The Kier molecular flexibility index (Phi) is 5.51. The molecular formula is C13H19NO2S. The number of hydrogen-bond donors (Lipinski definition) is 1. The predicted octanol–water partition coefficient (Wildman–Crippen LogP) is 2.14. The molecule has 17 heavy (non-hydrogen) atoms. The molecule has 1 rings (SSSR count). The summed E-state index contributed by atoms with van der Waals surface area (Å²) in [5, 5.41) is 9.30. The number of nitrogens with zero attached hydrogens (tertiary/aromatic N) is 1. The van der Waals surface area contributed by atoms with Gasteiger partial charge in [-0.25, -0.2) is 0 Å². The van der Waals surface area contributed by atoms with Crippen molar-refractivity contribution < 1.29 is 9.90 Å². The standard InChI is InChI=1S/C13H19NO2S/c1-10(2)17-12-6-4-11(5-7-12)8-14(3)13(16)9-15/h4-7,10,15H,8-9H2,1-3H3. The molecule has 0 aliphatic rings. The zero-order chi connectivity index (χ0) is 12.8. The Labute approximate surface area is 107 Å². The van der Waals surface area contributed by atoms with Crippen LogP contribution in [0.1, 0.15) is 19.4 Å². The summed E-state index contributed by atoms with van der Waals surface area (Å²) in [5.41, 5.74) is 1.07. The first-order chi connectivity index (χ1) is 8.02. The van der Waals surface area contributed by atoms with E-state index in [1.165, 1.54) is 9.80 Å². The van der Waals surface area contributed by atoms with E-state index in [2.05, 4.69) is 26.0 Å². The Bertz CT molecular complexity index is 362. The lowest BCUT2D eigenvalue weighted by Gasteiger charge is -2.16. The van der Waals surface area contributed by atoms with E-state index in [9.17, 15) is 4.79 Å². The van der Waals surface area contributed by atoms with Gasteiger partial charge in [0.25, 0.3) is 0 Å². The van der Waals surface area contributed by atoms with Gasteiger partial charge in [-0.15, -0.1) is 11.8 Å². The molecule has 0 unspecified atom stereocenters. The van der Waals surface area contributed by atoms with E-state index in [0.717, 1.165) is 5.56 Å². The lowest BCUT2D eigenvalue weighted by atomic mass is 10.2. The quantitative estimate of drug-likeness (QED) is 0.817. The number of amides is 1. The van der Waals surface area contributed by atoms with Gasteiger partial charge in [0.15, 0.2) is 0 Å². The van der Waals surface area contributed by atoms with E-state index in [-0.39, 0.29) is 5.91 Å². The summed E-state index contributed by atoms with van der Waals surface area (Å²) in [6.07, 6.45) is 0. The average molecular weight is 253 g/mol. The third-order valence-corrected chi connectivity index (χ3v) is 3.29. The first kappa shape index (κ1) is 14.1. The zero-order valence-electron chi connectivity index (χ0n) is 10.5. The Morgan fingerprint density at radius 3 is 2.41 bits per heavy atom. The van der Waals surface area contributed by atoms with Crippen molar-refractivity contribution in [3.63, 3.8) is 0 Å². The molecule has 0 spiro atoms. The molecule has 1 amide bonds. The molecule has 0 atom stereocenters. The molecule has 0 radical (unpaired) electrons. The molecule has 0 saturated carbocycles. The molecule has 0 bridgehead atoms. The molecule has 1 aromatic rings. The van der Waals surface area contributed by atoms with E-state index in [1.54, 1.807) is 7.05 Å². The Balaban J connectivity index is 2.59. The molecule has 0 aromatic heterocycles. The summed E-state index contributed by atoms with van der Waals surface area (Å²) < 4.78 is 0. The van der Waals surface area contributed by atoms with E-state index >= 15 is 0 Å². The molecule has 4 heteroatoms. The molecule has 94 valence electrons. The zero-order valence-corrected chi connectivity index (χ0v) is 11.3. The van der Waals surface area contributed by atoms with Crippen LogP contribution in [0.25, 0.3) is 0 Å². The van der Waals surface area contributed by atoms with Crippen molar-refractivity contribution >= 4 is 17.7 Å². The van der Waals surface area contributed by atoms with Crippen LogP contribution in [0.4, 0.5) is 0 Å². The lowest BCUT2D eigenvalue weighted by Crippen LogP contribution is -2.28. The first-order valence-corrected chi connectivity index (χ1v) is 6.51. The highest BCUT2D eigenvalue weighted by Crippen LogP contribution is 2.23. The van der Waals surface area contributed by atoms with Crippen molar-refractivity contribution in [2.75, 3.05) is 13.7 Å². The second kappa shape index (κ2) is 6.67. The van der Waals surface area contributed by atoms with Crippen molar-refractivity contribution in [3.05, 3.63) is 29.8 Å². The monoisotopic (exact) mass is 253 g/mol. The van der Waals surface area contributed by atoms with Crippen molar-refractivity contribution in [2.45, 2.75) is 30.5 Å². The van der Waals surface area contributed by atoms with Gasteiger partial charge in [-0.05, 0) is 17.7 Å². The number of aliphatic hydroxyl groups excluding tert-OH is 1. The summed E-state index contributed by atoms with van der Waals surface area (Å²) in [6.45, 7) is 4.42. The molecule has 0 heterocycles. The number of rotatable bonds is 5. The summed E-state index contributed by atoms with van der Waals surface area (Å²) >= 11 is 1.82. The highest BCUT2D eigenvalue weighted by atomic mass is 32.2. The van der Waals surface area contributed by atoms with Gasteiger partial charge >= 0.3 is 0 Å². The fourth-order valence-corrected chi connectivity index (χ4v) is 2.27. The average Bonchev–Trinajstić information content (AvgIpc) is 2.30. The van der Waals surface area contributed by atoms with Crippen LogP contribution in [0.2, 0.25) is 0 Å². The molecule has 0 saturated heterocycles. The maximum atomic E-state index is 11.2. The van der Waals surface area contributed by atoms with E-state index < -0.39 is 6.61 Å². The van der Waals surface area contributed by atoms with Crippen LogP contribution < -0.4 is 0 Å². The minimum Gasteiger partial charge on any atom is -0.387 e. The molecule has 0 aliphatic heterocycles. The summed E-state index contributed by atoms with van der Waals surface area (Å²) in [4.78, 5) is 14.0. The van der Waals surface area contributed by atoms with Gasteiger partial charge in [0.05, 0.1) is 0 Å². The largest absolute Gasteiger partial charge is 0.387 e. The van der Waals surface area contributed by atoms with Gasteiger partial charge in [0.1, 0.15) is 6.61 Å². The maximum Gasteiger partial charge on any atom is 0.248 e. The molecule has 0 aliphatic carbocycles. The molecule has 1 aromatic carbocycles. The fourth-order valence-electron chi connectivity index (χ4n) is 1.43. The SMILES string of the molecule is CC(C)Sc1ccc(CN(C)C(=O)CO)cc1. The number of benzene rings is 1. The molecule has 0 fully saturated rings. The maximum absolute atomic E-state index is 11.2. The van der Waals surface area contributed by atoms with Crippen molar-refractivity contribution in [1.82, 2.24) is 4.90 Å². The number of likely N-dealkylation sites (N-methyl/N-ethyl adjacent to an activating group) is 1. The lowest BCUT2D eigenvalue weighted by molar-refractivity contribution is -0.133. The number of aliphatic hydroxyl groups is 1. The number of thioether (sulfide) groups is 1. The number of carbonyl (C=O) groups is 1. The van der Waals surface area contributed by atoms with Crippen LogP contribution >= 0.6 is 11.8 Å². The normalized spacial score (nSPS) is 10.6. The van der Waals surface area contributed by atoms with Crippen LogP contribution in [0.3, 0.4) is 0 Å². The second-order valence-electron chi connectivity index (χ2n) is 4.22. The first-order valence-electron chi connectivity index (χ1n) is 5.63. The summed E-state index contributed by atoms with van der Waals surface area (Å²) in [7, 11) is 1.69. The third kappa shape index (κ3) is 4.79. The van der Waals surface area contributed by atoms with Crippen molar-refractivity contribution in [3.8, 4) is 0 Å². The van der Waals surface area contributed by atoms with Crippen molar-refractivity contribution in [2.24, 2.45) is 0 Å². The van der Waals surface area contributed by atoms with Crippen molar-refractivity contribution in [1.29, 1.82) is 0 Å². The van der Waals surface area contributed by atoms with Gasteiger partial charge in [-0.3, -0.25) is 4.79 Å². The number of hydrogen-bond acceptors (Lipinski definition) is 3. The minimum atomic E-state index is -0.433. The van der Waals surface area contributed by atoms with Gasteiger partial charge in [0.2, 0.25) is 5.91 Å². The number of carbonyl (C=O) groups excluding carboxylic acids is 1. The van der Waals surface area contributed by atoms with E-state index in [0.29, 0.717) is 11.8 Å². The highest BCUT2D eigenvalue weighted by Gasteiger charge is 2.07. The van der Waals surface area contributed by atoms with Crippen LogP contribution in [0, 0.1) is 0 Å². The van der Waals surface area contributed by atoms with Crippen LogP contribution in [0.5, 0.6) is 0 Å². The van der Waals surface area contributed by atoms with Gasteiger partial charge in [0, 0.05) is 23.7 Å². The highest BCUT2D eigenvalue weighted by molar-refractivity contribution is 7.99. The van der Waals surface area contributed by atoms with E-state index in [4.69, 9.17) is 5.11 Å². The topological polar surface area (TPSA) is 40.5 Å². The fraction of sp³-hybridized carbons (Fsp3) is 0.462. The third-order valence-electron chi connectivity index (χ3n) is 2.28. The smallest absolute Gasteiger partial charge is 0.248 e. The predicted molar refractivity (Wildman–Crippen MR) is 71.0 cm³/mol. The molecular weight excluding hydrogens is 234 g/mol. The Morgan fingerprint density at radius 1 is 1.35 bits per heavy atom. The van der Waals surface area contributed by atoms with E-state index in [1.807, 2.05) is 23.9 Å². The second-order valence-corrected chi connectivity index (χ2v) is 5.87. The minimum absolute atomic E-state index is 0.259. The van der Waals surface area contributed by atoms with Crippen LogP contribution in [-0.2, 0) is 11.3 Å². The van der Waals surface area contributed by atoms with Crippen LogP contribution in [-0.4, -0.2) is 34.8 Å². The molecule has 3 nitrogen and oxygen atoms in total. The van der Waals surface area contributed by atoms with Crippen LogP contribution in [0.15, 0.2) is 29.2 Å². The summed E-state index contributed by atoms with van der Waals surface area (Å²) in [5.74, 6) is -0.259. The summed E-state index contributed by atoms with van der Waals surface area (Å²) in [6, 6.07) is 8.17. The Hall–Kier alpha value is -1.00. The molecule has 1 N–H and O–H groups in total. The van der Waals surface area contributed by atoms with Gasteiger partial charge < -0.3 is 10.0 Å². The van der Waals surface area contributed by atoms with Gasteiger partial charge in [-0.1, -0.05) is 26.0 Å². The van der Waals surface area contributed by atoms with Gasteiger partial charge in [-0.2, -0.15) is 0 Å². The Morgan fingerprint density at radius 2 is 1.94 bits per heavy atom.